The normalized spacial score (nSPS) is 24.7. The molecule has 88 valence electrons. The maximum Gasteiger partial charge on any atom is 0.174 e. The number of nitrogens with zero attached hydrogens (tertiary/aromatic N) is 2. The van der Waals surface area contributed by atoms with E-state index in [1.165, 1.54) is 0 Å². The maximum atomic E-state index is 5.92. The van der Waals surface area contributed by atoms with Crippen molar-refractivity contribution in [2.75, 3.05) is 12.4 Å². The molecule has 0 aliphatic heterocycles. The predicted octanol–water partition coefficient (Wildman–Crippen LogP) is 2.76. The largest absolute Gasteiger partial charge is 0.381 e. The Bertz CT molecular complexity index is 375. The van der Waals surface area contributed by atoms with Crippen LogP contribution < -0.4 is 5.32 Å². The number of anilines is 1. The zero-order valence-electron chi connectivity index (χ0n) is 8.91. The van der Waals surface area contributed by atoms with Gasteiger partial charge >= 0.3 is 0 Å². The molecule has 0 spiro atoms. The Morgan fingerprint density at radius 2 is 2.19 bits per heavy atom. The molecule has 0 saturated heterocycles. The predicted molar refractivity (Wildman–Crippen MR) is 64.1 cm³/mol. The van der Waals surface area contributed by atoms with E-state index >= 15 is 0 Å². The third-order valence-corrected chi connectivity index (χ3v) is 3.26. The number of nitrogens with one attached hydrogen (secondary N) is 1. The summed E-state index contributed by atoms with van der Waals surface area (Å²) in [5.74, 6) is 0. The van der Waals surface area contributed by atoms with Crippen LogP contribution in [0.15, 0.2) is 6.07 Å². The van der Waals surface area contributed by atoms with Crippen molar-refractivity contribution in [2.45, 2.75) is 31.4 Å². The summed E-state index contributed by atoms with van der Waals surface area (Å²) in [5, 5.41) is 11.4. The lowest BCUT2D eigenvalue weighted by Crippen LogP contribution is -2.17. The van der Waals surface area contributed by atoms with E-state index in [9.17, 15) is 0 Å². The average molecular weight is 262 g/mol. The van der Waals surface area contributed by atoms with Crippen LogP contribution in [-0.2, 0) is 4.74 Å². The summed E-state index contributed by atoms with van der Waals surface area (Å²) in [7, 11) is 1.74. The summed E-state index contributed by atoms with van der Waals surface area (Å²) < 4.78 is 5.31. The van der Waals surface area contributed by atoms with Crippen molar-refractivity contribution in [2.24, 2.45) is 0 Å². The van der Waals surface area contributed by atoms with Crippen LogP contribution in [0.1, 0.15) is 19.3 Å². The standard InChI is InChI=1S/C10H13Cl2N3O/c1-16-7-3-2-6(4-7)13-8-5-9(11)14-15-10(8)12/h5-7H,2-4H2,1H3,(H,13,14). The number of hydrogen-bond acceptors (Lipinski definition) is 4. The zero-order valence-corrected chi connectivity index (χ0v) is 10.4. The molecule has 2 unspecified atom stereocenters. The Balaban J connectivity index is 2.01. The smallest absolute Gasteiger partial charge is 0.174 e. The molecule has 0 aromatic carbocycles. The van der Waals surface area contributed by atoms with E-state index in [0.717, 1.165) is 24.9 Å². The topological polar surface area (TPSA) is 47.0 Å². The lowest BCUT2D eigenvalue weighted by Gasteiger charge is -2.14. The van der Waals surface area contributed by atoms with Gasteiger partial charge in [0.1, 0.15) is 0 Å². The minimum absolute atomic E-state index is 0.335. The molecule has 1 aromatic rings. The van der Waals surface area contributed by atoms with Gasteiger partial charge in [0, 0.05) is 19.2 Å². The first-order chi connectivity index (χ1) is 7.69. The van der Waals surface area contributed by atoms with Crippen molar-refractivity contribution in [1.82, 2.24) is 10.2 Å². The summed E-state index contributed by atoms with van der Waals surface area (Å²) in [6, 6.07) is 2.06. The van der Waals surface area contributed by atoms with Crippen molar-refractivity contribution in [3.63, 3.8) is 0 Å². The van der Waals surface area contributed by atoms with Crippen molar-refractivity contribution >= 4 is 28.9 Å². The van der Waals surface area contributed by atoms with Crippen molar-refractivity contribution in [3.05, 3.63) is 16.4 Å². The number of rotatable bonds is 3. The number of methoxy groups -OCH3 is 1. The van der Waals surface area contributed by atoms with Gasteiger partial charge in [-0.05, 0) is 19.3 Å². The zero-order chi connectivity index (χ0) is 11.5. The molecule has 0 radical (unpaired) electrons. The number of hydrogen-bond donors (Lipinski definition) is 1. The average Bonchev–Trinajstić information content (AvgIpc) is 2.71. The molecule has 1 fully saturated rings. The van der Waals surface area contributed by atoms with Gasteiger partial charge in [0.2, 0.25) is 0 Å². The van der Waals surface area contributed by atoms with Crippen LogP contribution in [0.3, 0.4) is 0 Å². The highest BCUT2D eigenvalue weighted by Gasteiger charge is 2.24. The van der Waals surface area contributed by atoms with Crippen LogP contribution in [0.2, 0.25) is 10.3 Å². The highest BCUT2D eigenvalue weighted by atomic mass is 35.5. The van der Waals surface area contributed by atoms with E-state index in [1.807, 2.05) is 0 Å². The second-order valence-corrected chi connectivity index (χ2v) is 4.63. The summed E-state index contributed by atoms with van der Waals surface area (Å²) in [5.41, 5.74) is 0.739. The summed E-state index contributed by atoms with van der Waals surface area (Å²) in [6.45, 7) is 0. The van der Waals surface area contributed by atoms with Crippen LogP contribution in [-0.4, -0.2) is 29.5 Å². The lowest BCUT2D eigenvalue weighted by molar-refractivity contribution is 0.108. The molecule has 1 N–H and O–H groups in total. The second kappa shape index (κ2) is 5.17. The van der Waals surface area contributed by atoms with Gasteiger partial charge < -0.3 is 10.1 Å². The lowest BCUT2D eigenvalue weighted by atomic mass is 10.2. The van der Waals surface area contributed by atoms with Gasteiger partial charge in [-0.1, -0.05) is 23.2 Å². The van der Waals surface area contributed by atoms with E-state index in [1.54, 1.807) is 13.2 Å². The van der Waals surface area contributed by atoms with Crippen LogP contribution >= 0.6 is 23.2 Å². The Morgan fingerprint density at radius 3 is 2.88 bits per heavy atom. The molecule has 4 nitrogen and oxygen atoms in total. The molecule has 2 rings (SSSR count). The fraction of sp³-hybridized carbons (Fsp3) is 0.600. The fourth-order valence-corrected chi connectivity index (χ4v) is 2.25. The Morgan fingerprint density at radius 1 is 1.38 bits per heavy atom. The molecular formula is C10H13Cl2N3O. The second-order valence-electron chi connectivity index (χ2n) is 3.88. The first-order valence-electron chi connectivity index (χ1n) is 5.17. The SMILES string of the molecule is COC1CCC(Nc2cc(Cl)nnc2Cl)C1. The molecule has 1 aromatic heterocycles. The number of aromatic nitrogens is 2. The summed E-state index contributed by atoms with van der Waals surface area (Å²) in [6.07, 6.45) is 3.45. The van der Waals surface area contributed by atoms with Crippen LogP contribution in [0.4, 0.5) is 5.69 Å². The van der Waals surface area contributed by atoms with Crippen molar-refractivity contribution in [3.8, 4) is 0 Å². The van der Waals surface area contributed by atoms with Gasteiger partial charge in [-0.25, -0.2) is 0 Å². The molecule has 0 amide bonds. The van der Waals surface area contributed by atoms with E-state index in [0.29, 0.717) is 22.5 Å². The minimum atomic E-state index is 0.335. The van der Waals surface area contributed by atoms with Crippen LogP contribution in [0, 0.1) is 0 Å². The molecule has 16 heavy (non-hydrogen) atoms. The van der Waals surface area contributed by atoms with Gasteiger partial charge in [0.25, 0.3) is 0 Å². The first-order valence-corrected chi connectivity index (χ1v) is 5.92. The van der Waals surface area contributed by atoms with Gasteiger partial charge in [0.05, 0.1) is 11.8 Å². The quantitative estimate of drug-likeness (QED) is 0.909. The third kappa shape index (κ3) is 2.75. The molecule has 0 bridgehead atoms. The molecular weight excluding hydrogens is 249 g/mol. The Labute approximate surface area is 104 Å². The first kappa shape index (κ1) is 11.9. The minimum Gasteiger partial charge on any atom is -0.381 e. The van der Waals surface area contributed by atoms with E-state index in [-0.39, 0.29) is 0 Å². The summed E-state index contributed by atoms with van der Waals surface area (Å²) in [4.78, 5) is 0. The van der Waals surface area contributed by atoms with Gasteiger partial charge in [0.15, 0.2) is 10.3 Å². The molecule has 1 aliphatic rings. The molecule has 6 heteroatoms. The highest BCUT2D eigenvalue weighted by molar-refractivity contribution is 6.33. The Kier molecular flexibility index (Phi) is 3.84. The van der Waals surface area contributed by atoms with Crippen LogP contribution in [0.5, 0.6) is 0 Å². The van der Waals surface area contributed by atoms with Crippen LogP contribution in [0.25, 0.3) is 0 Å². The fourth-order valence-electron chi connectivity index (χ4n) is 1.96. The van der Waals surface area contributed by atoms with E-state index in [2.05, 4.69) is 15.5 Å². The van der Waals surface area contributed by atoms with Gasteiger partial charge in [-0.15, -0.1) is 10.2 Å². The van der Waals surface area contributed by atoms with E-state index in [4.69, 9.17) is 27.9 Å². The highest BCUT2D eigenvalue weighted by Crippen LogP contribution is 2.28. The Hall–Kier alpha value is -0.580. The number of ether oxygens (including phenoxy) is 1. The van der Waals surface area contributed by atoms with Crippen molar-refractivity contribution < 1.29 is 4.74 Å². The van der Waals surface area contributed by atoms with Gasteiger partial charge in [-0.3, -0.25) is 0 Å². The third-order valence-electron chi connectivity index (χ3n) is 2.80. The molecule has 1 saturated carbocycles. The molecule has 1 aliphatic carbocycles. The van der Waals surface area contributed by atoms with Crippen molar-refractivity contribution in [1.29, 1.82) is 0 Å². The van der Waals surface area contributed by atoms with E-state index < -0.39 is 0 Å². The van der Waals surface area contributed by atoms with Gasteiger partial charge in [-0.2, -0.15) is 0 Å². The summed E-state index contributed by atoms with van der Waals surface area (Å²) >= 11 is 11.7. The monoisotopic (exact) mass is 261 g/mol. The number of halogens is 2. The molecule has 1 heterocycles. The molecule has 2 atom stereocenters. The maximum absolute atomic E-state index is 5.92.